The van der Waals surface area contributed by atoms with E-state index in [0.717, 1.165) is 42.3 Å². The van der Waals surface area contributed by atoms with Crippen LogP contribution in [0.25, 0.3) is 0 Å². The minimum Gasteiger partial charge on any atom is -0.490 e. The van der Waals surface area contributed by atoms with Crippen LogP contribution in [0.2, 0.25) is 0 Å². The molecule has 1 aliphatic rings. The third kappa shape index (κ3) is 11.5. The molecule has 0 spiro atoms. The van der Waals surface area contributed by atoms with E-state index in [-0.39, 0.29) is 5.96 Å². The lowest BCUT2D eigenvalue weighted by molar-refractivity contribution is -0.150. The van der Waals surface area contributed by atoms with Crippen LogP contribution in [0.1, 0.15) is 25.3 Å². The van der Waals surface area contributed by atoms with Crippen LogP contribution < -0.4 is 31.7 Å². The van der Waals surface area contributed by atoms with E-state index in [2.05, 4.69) is 21.6 Å². The SMILES string of the molecule is CCOC(Cc1ccc(NCCN2CCOc3ccccc32)cc1)C(=O)O.N=C(N)NCCCC(N)C(=O)O. The minimum absolute atomic E-state index is 0.112. The van der Waals surface area contributed by atoms with Crippen molar-refractivity contribution >= 4 is 29.3 Å². The number of nitrogens with two attached hydrogens (primary N) is 2. The Morgan fingerprint density at radius 2 is 1.85 bits per heavy atom. The van der Waals surface area contributed by atoms with Crippen molar-refractivity contribution in [3.05, 3.63) is 54.1 Å². The Morgan fingerprint density at radius 1 is 1.13 bits per heavy atom. The van der Waals surface area contributed by atoms with E-state index in [0.29, 0.717) is 39.0 Å². The Labute approximate surface area is 228 Å². The summed E-state index contributed by atoms with van der Waals surface area (Å²) in [7, 11) is 0. The number of para-hydroxylation sites is 2. The number of benzene rings is 2. The molecule has 12 heteroatoms. The normalized spacial score (nSPS) is 13.5. The van der Waals surface area contributed by atoms with Crippen molar-refractivity contribution in [2.24, 2.45) is 11.5 Å². The van der Waals surface area contributed by atoms with Gasteiger partial charge in [-0.15, -0.1) is 0 Å². The van der Waals surface area contributed by atoms with Gasteiger partial charge in [0.1, 0.15) is 18.4 Å². The van der Waals surface area contributed by atoms with Crippen LogP contribution in [0, 0.1) is 5.41 Å². The second kappa shape index (κ2) is 16.7. The quantitative estimate of drug-likeness (QED) is 0.104. The minimum atomic E-state index is -1.00. The Morgan fingerprint density at radius 3 is 2.49 bits per heavy atom. The zero-order valence-electron chi connectivity index (χ0n) is 22.3. The van der Waals surface area contributed by atoms with Gasteiger partial charge < -0.3 is 46.7 Å². The molecule has 2 aromatic rings. The van der Waals surface area contributed by atoms with E-state index in [4.69, 9.17) is 31.5 Å². The van der Waals surface area contributed by atoms with Gasteiger partial charge in [0, 0.05) is 38.3 Å². The Bertz CT molecular complexity index is 1050. The van der Waals surface area contributed by atoms with Crippen LogP contribution in [-0.2, 0) is 20.7 Å². The van der Waals surface area contributed by atoms with E-state index in [9.17, 15) is 14.7 Å². The van der Waals surface area contributed by atoms with E-state index < -0.39 is 24.1 Å². The van der Waals surface area contributed by atoms with Gasteiger partial charge in [-0.25, -0.2) is 4.79 Å². The number of guanidine groups is 1. The molecule has 0 saturated carbocycles. The molecule has 0 fully saturated rings. The number of carboxylic acid groups (broad SMARTS) is 2. The highest BCUT2D eigenvalue weighted by molar-refractivity contribution is 5.74. The van der Waals surface area contributed by atoms with Crippen LogP contribution >= 0.6 is 0 Å². The molecule has 214 valence electrons. The average Bonchev–Trinajstić information content (AvgIpc) is 2.92. The van der Waals surface area contributed by atoms with Crippen LogP contribution in [0.4, 0.5) is 11.4 Å². The monoisotopic (exact) mass is 544 g/mol. The van der Waals surface area contributed by atoms with Crippen molar-refractivity contribution in [2.75, 3.05) is 49.6 Å². The first-order chi connectivity index (χ1) is 18.7. The molecule has 0 saturated heterocycles. The summed E-state index contributed by atoms with van der Waals surface area (Å²) in [5, 5.41) is 30.3. The van der Waals surface area contributed by atoms with Crippen molar-refractivity contribution in [1.82, 2.24) is 5.32 Å². The lowest BCUT2D eigenvalue weighted by atomic mass is 10.1. The molecule has 9 N–H and O–H groups in total. The largest absolute Gasteiger partial charge is 0.490 e. The summed E-state index contributed by atoms with van der Waals surface area (Å²) >= 11 is 0. The van der Waals surface area contributed by atoms with Crippen molar-refractivity contribution < 1.29 is 29.3 Å². The number of anilines is 2. The number of rotatable bonds is 14. The zero-order chi connectivity index (χ0) is 28.6. The highest BCUT2D eigenvalue weighted by Gasteiger charge is 2.18. The number of hydrogen-bond acceptors (Lipinski definition) is 8. The maximum atomic E-state index is 11.2. The molecule has 2 aromatic carbocycles. The molecule has 0 amide bonds. The van der Waals surface area contributed by atoms with Gasteiger partial charge in [-0.1, -0.05) is 24.3 Å². The summed E-state index contributed by atoms with van der Waals surface area (Å²) in [5.74, 6) is -1.10. The fourth-order valence-electron chi connectivity index (χ4n) is 3.85. The van der Waals surface area contributed by atoms with Crippen LogP contribution in [0.15, 0.2) is 48.5 Å². The van der Waals surface area contributed by atoms with Crippen molar-refractivity contribution in [3.63, 3.8) is 0 Å². The summed E-state index contributed by atoms with van der Waals surface area (Å²) in [4.78, 5) is 23.7. The lowest BCUT2D eigenvalue weighted by Gasteiger charge is -2.31. The molecule has 2 atom stereocenters. The zero-order valence-corrected chi connectivity index (χ0v) is 22.3. The third-order valence-electron chi connectivity index (χ3n) is 5.88. The molecule has 1 heterocycles. The van der Waals surface area contributed by atoms with Gasteiger partial charge >= 0.3 is 11.9 Å². The van der Waals surface area contributed by atoms with Crippen molar-refractivity contribution in [2.45, 2.75) is 38.3 Å². The first kappa shape index (κ1) is 31.2. The number of carbonyl (C=O) groups is 2. The number of aliphatic carboxylic acids is 2. The first-order valence-electron chi connectivity index (χ1n) is 12.9. The second-order valence-corrected chi connectivity index (χ2v) is 8.84. The van der Waals surface area contributed by atoms with E-state index in [1.54, 1.807) is 6.92 Å². The van der Waals surface area contributed by atoms with Gasteiger partial charge in [0.15, 0.2) is 12.1 Å². The molecule has 39 heavy (non-hydrogen) atoms. The van der Waals surface area contributed by atoms with Crippen molar-refractivity contribution in [1.29, 1.82) is 5.41 Å². The van der Waals surface area contributed by atoms with Gasteiger partial charge in [-0.3, -0.25) is 10.2 Å². The number of fused-ring (bicyclic) bond motifs is 1. The van der Waals surface area contributed by atoms with Gasteiger partial charge in [0.25, 0.3) is 0 Å². The summed E-state index contributed by atoms with van der Waals surface area (Å²) in [6.07, 6.45) is 0.548. The fourth-order valence-corrected chi connectivity index (χ4v) is 3.85. The summed E-state index contributed by atoms with van der Waals surface area (Å²) in [6.45, 7) is 5.95. The van der Waals surface area contributed by atoms with E-state index in [1.807, 2.05) is 42.5 Å². The predicted octanol–water partition coefficient (Wildman–Crippen LogP) is 1.69. The molecule has 2 unspecified atom stereocenters. The maximum absolute atomic E-state index is 11.2. The summed E-state index contributed by atoms with van der Waals surface area (Å²) in [6, 6.07) is 15.1. The molecule has 3 rings (SSSR count). The maximum Gasteiger partial charge on any atom is 0.333 e. The number of nitrogens with zero attached hydrogens (tertiary/aromatic N) is 1. The van der Waals surface area contributed by atoms with Gasteiger partial charge in [-0.2, -0.15) is 0 Å². The topological polar surface area (TPSA) is 196 Å². The van der Waals surface area contributed by atoms with Crippen LogP contribution in [0.3, 0.4) is 0 Å². The number of nitrogens with one attached hydrogen (secondary N) is 3. The first-order valence-corrected chi connectivity index (χ1v) is 12.9. The van der Waals surface area contributed by atoms with Crippen molar-refractivity contribution in [3.8, 4) is 5.75 Å². The van der Waals surface area contributed by atoms with Crippen LogP contribution in [-0.4, -0.2) is 79.6 Å². The number of ether oxygens (including phenoxy) is 2. The molecule has 0 bridgehead atoms. The molecule has 0 aromatic heterocycles. The summed E-state index contributed by atoms with van der Waals surface area (Å²) < 4.78 is 11.0. The van der Waals surface area contributed by atoms with Gasteiger partial charge in [0.2, 0.25) is 0 Å². The molecule has 0 aliphatic carbocycles. The van der Waals surface area contributed by atoms with Gasteiger partial charge in [0.05, 0.1) is 12.2 Å². The molecule has 1 aliphatic heterocycles. The average molecular weight is 545 g/mol. The Hall–Kier alpha value is -4.03. The van der Waals surface area contributed by atoms with E-state index in [1.165, 1.54) is 0 Å². The second-order valence-electron chi connectivity index (χ2n) is 8.84. The Balaban J connectivity index is 0.000000377. The molecular weight excluding hydrogens is 504 g/mol. The standard InChI is InChI=1S/C21H26N2O4.C6H14N4O2/c1-2-26-20(21(24)25)15-16-7-9-17(10-8-16)22-11-12-23-13-14-27-19-6-4-3-5-18(19)23;7-4(5(11)12)2-1-3-10-6(8)9/h3-10,20,22H,2,11-15H2,1H3,(H,24,25);4H,1-3,7H2,(H,11,12)(H4,8,9,10). The third-order valence-corrected chi connectivity index (χ3v) is 5.88. The van der Waals surface area contributed by atoms with E-state index >= 15 is 0 Å². The fraction of sp³-hybridized carbons (Fsp3) is 0.444. The van der Waals surface area contributed by atoms with Crippen LogP contribution in [0.5, 0.6) is 5.75 Å². The van der Waals surface area contributed by atoms with Gasteiger partial charge in [-0.05, 0) is 49.6 Å². The molecule has 0 radical (unpaired) electrons. The molecule has 12 nitrogen and oxygen atoms in total. The highest BCUT2D eigenvalue weighted by Crippen LogP contribution is 2.30. The highest BCUT2D eigenvalue weighted by atomic mass is 16.5. The number of hydrogen-bond donors (Lipinski definition) is 7. The summed E-state index contributed by atoms with van der Waals surface area (Å²) in [5.41, 5.74) is 13.3. The predicted molar refractivity (Wildman–Crippen MR) is 151 cm³/mol. The lowest BCUT2D eigenvalue weighted by Crippen LogP contribution is -2.36. The Kier molecular flexibility index (Phi) is 13.4. The smallest absolute Gasteiger partial charge is 0.333 e. The molecular formula is C27H40N6O6. The number of carboxylic acids is 2.